The molecule has 0 radical (unpaired) electrons. The van der Waals surface area contributed by atoms with E-state index in [9.17, 15) is 0 Å². The number of fused-ring (bicyclic) bond motifs is 3. The zero-order valence-corrected chi connectivity index (χ0v) is 15.2. The molecular formula is C27H17N. The van der Waals surface area contributed by atoms with Crippen LogP contribution in [0.3, 0.4) is 0 Å². The van der Waals surface area contributed by atoms with Crippen LogP contribution in [-0.4, -0.2) is 5.71 Å². The Morgan fingerprint density at radius 1 is 0.429 bits per heavy atom. The van der Waals surface area contributed by atoms with Crippen LogP contribution in [0.15, 0.2) is 97.1 Å². The topological polar surface area (TPSA) is 23.9 Å². The van der Waals surface area contributed by atoms with Gasteiger partial charge in [-0.3, -0.25) is 5.41 Å². The van der Waals surface area contributed by atoms with Gasteiger partial charge in [-0.1, -0.05) is 97.1 Å². The molecule has 1 heteroatoms. The lowest BCUT2D eigenvalue weighted by Gasteiger charge is -2.24. The number of nitrogens with one attached hydrogen (secondary N) is 1. The highest BCUT2D eigenvalue weighted by Crippen LogP contribution is 2.46. The standard InChI is InChI=1S/C27H17N/c28-27-23-12-4-3-11-21(23)26-22(16-15-18-9-6-14-24(27)25(18)26)20-13-5-8-17-7-1-2-10-19(17)20/h1-16,28H. The first-order chi connectivity index (χ1) is 13.8. The summed E-state index contributed by atoms with van der Waals surface area (Å²) in [6, 6.07) is 34.1. The number of rotatable bonds is 1. The second-order valence-corrected chi connectivity index (χ2v) is 7.34. The second-order valence-electron chi connectivity index (χ2n) is 7.34. The third kappa shape index (κ3) is 1.99. The Morgan fingerprint density at radius 2 is 1.07 bits per heavy atom. The van der Waals surface area contributed by atoms with Crippen LogP contribution in [0.25, 0.3) is 43.8 Å². The highest BCUT2D eigenvalue weighted by molar-refractivity contribution is 6.28. The molecule has 0 aromatic heterocycles. The fraction of sp³-hybridized carbons (Fsp3) is 0. The van der Waals surface area contributed by atoms with Gasteiger partial charge in [0.2, 0.25) is 0 Å². The highest BCUT2D eigenvalue weighted by Gasteiger charge is 2.25. The first-order valence-corrected chi connectivity index (χ1v) is 9.55. The predicted molar refractivity (Wildman–Crippen MR) is 118 cm³/mol. The Bertz CT molecular complexity index is 1420. The summed E-state index contributed by atoms with van der Waals surface area (Å²) in [7, 11) is 0. The van der Waals surface area contributed by atoms with E-state index in [1.54, 1.807) is 0 Å². The zero-order valence-electron chi connectivity index (χ0n) is 15.2. The normalized spacial score (nSPS) is 12.4. The molecule has 0 bridgehead atoms. The molecule has 0 fully saturated rings. The zero-order chi connectivity index (χ0) is 18.7. The van der Waals surface area contributed by atoms with Crippen LogP contribution in [0.1, 0.15) is 11.1 Å². The average Bonchev–Trinajstić information content (AvgIpc) is 2.76. The van der Waals surface area contributed by atoms with Crippen LogP contribution in [0.5, 0.6) is 0 Å². The van der Waals surface area contributed by atoms with Crippen molar-refractivity contribution in [2.24, 2.45) is 0 Å². The Kier molecular flexibility index (Phi) is 3.09. The molecule has 1 N–H and O–H groups in total. The Labute approximate surface area is 163 Å². The molecular weight excluding hydrogens is 338 g/mol. The Hall–Kier alpha value is -3.71. The third-order valence-corrected chi connectivity index (χ3v) is 5.86. The van der Waals surface area contributed by atoms with Crippen molar-refractivity contribution in [1.29, 1.82) is 5.41 Å². The lowest BCUT2D eigenvalue weighted by atomic mass is 9.78. The summed E-state index contributed by atoms with van der Waals surface area (Å²) < 4.78 is 0. The molecule has 6 rings (SSSR count). The smallest absolute Gasteiger partial charge is 0.0697 e. The highest BCUT2D eigenvalue weighted by atomic mass is 14.5. The van der Waals surface area contributed by atoms with Crippen LogP contribution in [0.2, 0.25) is 0 Å². The Morgan fingerprint density at radius 3 is 1.96 bits per heavy atom. The molecule has 0 aliphatic heterocycles. The molecule has 1 nitrogen and oxygen atoms in total. The van der Waals surface area contributed by atoms with Gasteiger partial charge in [0.25, 0.3) is 0 Å². The van der Waals surface area contributed by atoms with Gasteiger partial charge in [0, 0.05) is 11.1 Å². The van der Waals surface area contributed by atoms with E-state index in [4.69, 9.17) is 5.41 Å². The minimum absolute atomic E-state index is 0.615. The van der Waals surface area contributed by atoms with Gasteiger partial charge in [-0.15, -0.1) is 0 Å². The summed E-state index contributed by atoms with van der Waals surface area (Å²) in [5, 5.41) is 13.7. The van der Waals surface area contributed by atoms with E-state index in [1.165, 1.54) is 38.2 Å². The third-order valence-electron chi connectivity index (χ3n) is 5.86. The largest absolute Gasteiger partial charge is 0.300 e. The van der Waals surface area contributed by atoms with Crippen molar-refractivity contribution in [3.05, 3.63) is 108 Å². The average molecular weight is 355 g/mol. The summed E-state index contributed by atoms with van der Waals surface area (Å²) in [5.74, 6) is 0. The molecule has 130 valence electrons. The van der Waals surface area contributed by atoms with Gasteiger partial charge in [-0.2, -0.15) is 0 Å². The maximum Gasteiger partial charge on any atom is 0.0697 e. The molecule has 28 heavy (non-hydrogen) atoms. The van der Waals surface area contributed by atoms with E-state index in [0.29, 0.717) is 5.71 Å². The first kappa shape index (κ1) is 15.4. The molecule has 5 aromatic rings. The second kappa shape index (κ2) is 5.64. The summed E-state index contributed by atoms with van der Waals surface area (Å²) >= 11 is 0. The van der Waals surface area contributed by atoms with E-state index >= 15 is 0 Å². The lowest BCUT2D eigenvalue weighted by Crippen LogP contribution is -2.10. The molecule has 0 heterocycles. The minimum Gasteiger partial charge on any atom is -0.300 e. The van der Waals surface area contributed by atoms with Crippen LogP contribution in [0, 0.1) is 5.41 Å². The molecule has 0 spiro atoms. The van der Waals surface area contributed by atoms with Crippen molar-refractivity contribution < 1.29 is 0 Å². The van der Waals surface area contributed by atoms with Gasteiger partial charge in [0.05, 0.1) is 5.71 Å². The maximum absolute atomic E-state index is 8.79. The molecule has 0 saturated carbocycles. The van der Waals surface area contributed by atoms with Crippen LogP contribution < -0.4 is 0 Å². The lowest BCUT2D eigenvalue weighted by molar-refractivity contribution is 1.45. The number of hydrogen-bond donors (Lipinski definition) is 1. The minimum atomic E-state index is 0.615. The molecule has 1 aliphatic rings. The van der Waals surface area contributed by atoms with Crippen LogP contribution >= 0.6 is 0 Å². The molecule has 0 saturated heterocycles. The van der Waals surface area contributed by atoms with Gasteiger partial charge in [0.15, 0.2) is 0 Å². The van der Waals surface area contributed by atoms with Crippen molar-refractivity contribution in [1.82, 2.24) is 0 Å². The Balaban J connectivity index is 1.83. The predicted octanol–water partition coefficient (Wildman–Crippen LogP) is 7.06. The van der Waals surface area contributed by atoms with Crippen LogP contribution in [0.4, 0.5) is 0 Å². The van der Waals surface area contributed by atoms with Gasteiger partial charge in [-0.05, 0) is 43.8 Å². The number of benzene rings is 5. The van der Waals surface area contributed by atoms with Crippen LogP contribution in [-0.2, 0) is 0 Å². The number of hydrogen-bond acceptors (Lipinski definition) is 1. The van der Waals surface area contributed by atoms with Crippen molar-refractivity contribution in [3.8, 4) is 22.3 Å². The van der Waals surface area contributed by atoms with Crippen molar-refractivity contribution in [2.75, 3.05) is 0 Å². The summed E-state index contributed by atoms with van der Waals surface area (Å²) in [6.45, 7) is 0. The summed E-state index contributed by atoms with van der Waals surface area (Å²) in [5.41, 5.74) is 7.52. The quantitative estimate of drug-likeness (QED) is 0.326. The monoisotopic (exact) mass is 355 g/mol. The van der Waals surface area contributed by atoms with E-state index in [2.05, 4.69) is 91.0 Å². The summed E-state index contributed by atoms with van der Waals surface area (Å²) in [6.07, 6.45) is 0. The van der Waals surface area contributed by atoms with E-state index in [0.717, 1.165) is 16.7 Å². The maximum atomic E-state index is 8.79. The van der Waals surface area contributed by atoms with Gasteiger partial charge in [-0.25, -0.2) is 0 Å². The van der Waals surface area contributed by atoms with Gasteiger partial charge < -0.3 is 0 Å². The summed E-state index contributed by atoms with van der Waals surface area (Å²) in [4.78, 5) is 0. The van der Waals surface area contributed by atoms with Crippen molar-refractivity contribution in [2.45, 2.75) is 0 Å². The fourth-order valence-corrected chi connectivity index (χ4v) is 4.62. The van der Waals surface area contributed by atoms with Gasteiger partial charge in [0.1, 0.15) is 0 Å². The van der Waals surface area contributed by atoms with Crippen molar-refractivity contribution >= 4 is 27.3 Å². The first-order valence-electron chi connectivity index (χ1n) is 9.55. The molecule has 0 unspecified atom stereocenters. The molecule has 5 aromatic carbocycles. The molecule has 0 atom stereocenters. The van der Waals surface area contributed by atoms with E-state index in [1.807, 2.05) is 6.07 Å². The fourth-order valence-electron chi connectivity index (χ4n) is 4.62. The SMILES string of the molecule is N=C1c2ccccc2-c2c(-c3cccc4ccccc34)ccc3cccc1c23. The van der Waals surface area contributed by atoms with E-state index in [-0.39, 0.29) is 0 Å². The van der Waals surface area contributed by atoms with Gasteiger partial charge >= 0.3 is 0 Å². The molecule has 0 amide bonds. The molecule has 1 aliphatic carbocycles. The van der Waals surface area contributed by atoms with Crippen molar-refractivity contribution in [3.63, 3.8) is 0 Å². The van der Waals surface area contributed by atoms with E-state index < -0.39 is 0 Å².